The number of nitrogens with zero attached hydrogens (tertiary/aromatic N) is 3. The van der Waals surface area contributed by atoms with Gasteiger partial charge in [-0.25, -0.2) is 8.78 Å². The second kappa shape index (κ2) is 6.71. The molecular formula is C12H13F2N5O. The molecule has 1 aromatic heterocycles. The van der Waals surface area contributed by atoms with E-state index < -0.39 is 23.2 Å². The third-order valence-electron chi connectivity index (χ3n) is 2.50. The van der Waals surface area contributed by atoms with E-state index in [0.29, 0.717) is 13.1 Å². The largest absolute Gasteiger partial charge is 0.320 e. The van der Waals surface area contributed by atoms with Crippen molar-refractivity contribution in [3.05, 3.63) is 42.2 Å². The van der Waals surface area contributed by atoms with E-state index in [2.05, 4.69) is 20.9 Å². The van der Waals surface area contributed by atoms with Crippen LogP contribution in [0.3, 0.4) is 0 Å². The van der Waals surface area contributed by atoms with Gasteiger partial charge in [-0.1, -0.05) is 11.3 Å². The zero-order valence-electron chi connectivity index (χ0n) is 10.5. The number of hydrogen-bond donors (Lipinski definition) is 2. The van der Waals surface area contributed by atoms with E-state index in [9.17, 15) is 13.6 Å². The van der Waals surface area contributed by atoms with Crippen LogP contribution in [0.5, 0.6) is 0 Å². The molecule has 20 heavy (non-hydrogen) atoms. The van der Waals surface area contributed by atoms with Crippen LogP contribution in [-0.4, -0.2) is 34.0 Å². The van der Waals surface area contributed by atoms with E-state index in [1.807, 2.05) is 0 Å². The number of anilines is 1. The Morgan fingerprint density at radius 3 is 2.70 bits per heavy atom. The Labute approximate surface area is 113 Å². The van der Waals surface area contributed by atoms with E-state index in [-0.39, 0.29) is 6.54 Å². The molecule has 2 rings (SSSR count). The molecule has 0 aliphatic rings. The van der Waals surface area contributed by atoms with Gasteiger partial charge in [0.15, 0.2) is 0 Å². The number of nitrogens with one attached hydrogen (secondary N) is 2. The molecule has 0 bridgehead atoms. The number of carbonyl (C=O) groups excluding carboxylic acids is 1. The van der Waals surface area contributed by atoms with Crippen molar-refractivity contribution in [1.82, 2.24) is 20.3 Å². The molecular weight excluding hydrogens is 268 g/mol. The van der Waals surface area contributed by atoms with Crippen LogP contribution in [0.2, 0.25) is 0 Å². The quantitative estimate of drug-likeness (QED) is 0.768. The highest BCUT2D eigenvalue weighted by atomic mass is 19.1. The average molecular weight is 281 g/mol. The number of amides is 1. The number of carbonyl (C=O) groups is 1. The Morgan fingerprint density at radius 1 is 1.30 bits per heavy atom. The van der Waals surface area contributed by atoms with Crippen LogP contribution in [0.4, 0.5) is 14.5 Å². The predicted molar refractivity (Wildman–Crippen MR) is 67.9 cm³/mol. The Bertz CT molecular complexity index is 553. The fourth-order valence-electron chi connectivity index (χ4n) is 1.55. The number of para-hydroxylation sites is 1. The van der Waals surface area contributed by atoms with Crippen molar-refractivity contribution in [2.24, 2.45) is 0 Å². The van der Waals surface area contributed by atoms with E-state index in [4.69, 9.17) is 0 Å². The molecule has 0 unspecified atom stereocenters. The lowest BCUT2D eigenvalue weighted by atomic mass is 10.3. The number of benzene rings is 1. The summed E-state index contributed by atoms with van der Waals surface area (Å²) in [6.45, 7) is 0.973. The number of hydrogen-bond acceptors (Lipinski definition) is 4. The van der Waals surface area contributed by atoms with Gasteiger partial charge in [0.1, 0.15) is 17.3 Å². The molecule has 0 aliphatic carbocycles. The molecule has 0 saturated carbocycles. The van der Waals surface area contributed by atoms with Crippen molar-refractivity contribution in [2.45, 2.75) is 6.54 Å². The summed E-state index contributed by atoms with van der Waals surface area (Å²) >= 11 is 0. The van der Waals surface area contributed by atoms with Gasteiger partial charge in [-0.05, 0) is 12.1 Å². The molecule has 1 heterocycles. The first-order chi connectivity index (χ1) is 9.66. The Morgan fingerprint density at radius 2 is 2.05 bits per heavy atom. The lowest BCUT2D eigenvalue weighted by Gasteiger charge is -2.08. The van der Waals surface area contributed by atoms with Crippen LogP contribution in [0.1, 0.15) is 0 Å². The number of aromatic nitrogens is 3. The minimum absolute atomic E-state index is 0.0531. The molecule has 0 spiro atoms. The maximum absolute atomic E-state index is 13.3. The molecule has 2 N–H and O–H groups in total. The fraction of sp³-hybridized carbons (Fsp3) is 0.250. The minimum Gasteiger partial charge on any atom is -0.320 e. The summed E-state index contributed by atoms with van der Waals surface area (Å²) in [6.07, 6.45) is 3.24. The summed E-state index contributed by atoms with van der Waals surface area (Å²) in [5.41, 5.74) is -0.435. The first-order valence-electron chi connectivity index (χ1n) is 5.95. The van der Waals surface area contributed by atoms with Crippen LogP contribution < -0.4 is 10.6 Å². The van der Waals surface area contributed by atoms with E-state index >= 15 is 0 Å². The molecule has 1 amide bonds. The molecule has 1 aromatic carbocycles. The van der Waals surface area contributed by atoms with Gasteiger partial charge in [-0.2, -0.15) is 0 Å². The van der Waals surface area contributed by atoms with Crippen molar-refractivity contribution in [3.8, 4) is 0 Å². The summed E-state index contributed by atoms with van der Waals surface area (Å²) in [5.74, 6) is -2.13. The molecule has 106 valence electrons. The molecule has 0 fully saturated rings. The van der Waals surface area contributed by atoms with Crippen molar-refractivity contribution in [1.29, 1.82) is 0 Å². The number of rotatable bonds is 6. The van der Waals surface area contributed by atoms with Crippen LogP contribution in [-0.2, 0) is 11.3 Å². The second-order valence-electron chi connectivity index (χ2n) is 3.99. The molecule has 2 aromatic rings. The topological polar surface area (TPSA) is 71.8 Å². The number of halogens is 2. The van der Waals surface area contributed by atoms with E-state index in [1.165, 1.54) is 6.07 Å². The molecule has 6 nitrogen and oxygen atoms in total. The third kappa shape index (κ3) is 3.82. The molecule has 0 radical (unpaired) electrons. The average Bonchev–Trinajstić information content (AvgIpc) is 2.92. The smallest absolute Gasteiger partial charge is 0.238 e. The Balaban J connectivity index is 1.75. The summed E-state index contributed by atoms with van der Waals surface area (Å²) in [4.78, 5) is 11.5. The lowest BCUT2D eigenvalue weighted by molar-refractivity contribution is -0.115. The second-order valence-corrected chi connectivity index (χ2v) is 3.99. The highest BCUT2D eigenvalue weighted by Crippen LogP contribution is 2.17. The Kier molecular flexibility index (Phi) is 4.72. The van der Waals surface area contributed by atoms with Gasteiger partial charge in [-0.15, -0.1) is 5.10 Å². The minimum atomic E-state index is -0.805. The van der Waals surface area contributed by atoms with E-state index in [1.54, 1.807) is 17.1 Å². The first kappa shape index (κ1) is 14.1. The standard InChI is InChI=1S/C12H13F2N5O/c13-9-2-1-3-10(14)12(9)17-11(20)8-15-4-6-19-7-5-16-18-19/h1-3,5,7,15H,4,6,8H2,(H,17,20). The Hall–Kier alpha value is -2.35. The van der Waals surface area contributed by atoms with Crippen LogP contribution in [0.25, 0.3) is 0 Å². The van der Waals surface area contributed by atoms with Crippen molar-refractivity contribution in [2.75, 3.05) is 18.4 Å². The summed E-state index contributed by atoms with van der Waals surface area (Å²) in [7, 11) is 0. The van der Waals surface area contributed by atoms with Crippen LogP contribution in [0.15, 0.2) is 30.6 Å². The van der Waals surface area contributed by atoms with Gasteiger partial charge < -0.3 is 10.6 Å². The zero-order valence-corrected chi connectivity index (χ0v) is 10.5. The molecule has 0 aliphatic heterocycles. The monoisotopic (exact) mass is 281 g/mol. The van der Waals surface area contributed by atoms with Gasteiger partial charge in [-0.3, -0.25) is 9.48 Å². The summed E-state index contributed by atoms with van der Waals surface area (Å²) < 4.78 is 28.2. The normalized spacial score (nSPS) is 10.5. The molecule has 0 atom stereocenters. The zero-order chi connectivity index (χ0) is 14.4. The SMILES string of the molecule is O=C(CNCCn1ccnn1)Nc1c(F)cccc1F. The third-order valence-corrected chi connectivity index (χ3v) is 2.50. The van der Waals surface area contributed by atoms with Crippen molar-refractivity contribution in [3.63, 3.8) is 0 Å². The van der Waals surface area contributed by atoms with Gasteiger partial charge in [0.2, 0.25) is 5.91 Å². The van der Waals surface area contributed by atoms with Crippen LogP contribution in [0, 0.1) is 11.6 Å². The summed E-state index contributed by atoms with van der Waals surface area (Å²) in [6, 6.07) is 3.39. The van der Waals surface area contributed by atoms with E-state index in [0.717, 1.165) is 12.1 Å². The van der Waals surface area contributed by atoms with Gasteiger partial charge in [0, 0.05) is 12.7 Å². The van der Waals surface area contributed by atoms with Gasteiger partial charge in [0.25, 0.3) is 0 Å². The summed E-state index contributed by atoms with van der Waals surface area (Å²) in [5, 5.41) is 12.4. The van der Waals surface area contributed by atoms with Crippen LogP contribution >= 0.6 is 0 Å². The molecule has 8 heteroatoms. The van der Waals surface area contributed by atoms with Crippen molar-refractivity contribution < 1.29 is 13.6 Å². The maximum atomic E-state index is 13.3. The molecule has 0 saturated heterocycles. The van der Waals surface area contributed by atoms with Crippen molar-refractivity contribution >= 4 is 11.6 Å². The fourth-order valence-corrected chi connectivity index (χ4v) is 1.55. The highest BCUT2D eigenvalue weighted by molar-refractivity contribution is 5.92. The first-order valence-corrected chi connectivity index (χ1v) is 5.95. The maximum Gasteiger partial charge on any atom is 0.238 e. The van der Waals surface area contributed by atoms with Gasteiger partial charge >= 0.3 is 0 Å². The lowest BCUT2D eigenvalue weighted by Crippen LogP contribution is -2.31. The van der Waals surface area contributed by atoms with Gasteiger partial charge in [0.05, 0.1) is 19.3 Å². The predicted octanol–water partition coefficient (Wildman–Crippen LogP) is 0.785. The highest BCUT2D eigenvalue weighted by Gasteiger charge is 2.11.